The van der Waals surface area contributed by atoms with E-state index in [0.717, 1.165) is 25.8 Å². The van der Waals surface area contributed by atoms with Crippen LogP contribution < -0.4 is 5.32 Å². The number of thiophene rings is 1. The maximum Gasteiger partial charge on any atom is 0.147 e. The summed E-state index contributed by atoms with van der Waals surface area (Å²) in [6, 6.07) is 2.70. The number of fused-ring (bicyclic) bond motifs is 1. The van der Waals surface area contributed by atoms with Gasteiger partial charge in [-0.1, -0.05) is 6.92 Å². The molecule has 5 heteroatoms. The van der Waals surface area contributed by atoms with Gasteiger partial charge in [-0.2, -0.15) is 0 Å². The third-order valence-electron chi connectivity index (χ3n) is 4.27. The molecule has 0 aromatic carbocycles. The molecule has 2 atom stereocenters. The standard InChI is InChI=1S/C16H27NO2S2/c1-3-10-17-15(7-5-12-21(2,18)19)13-6-4-8-16-14(13)9-11-20-16/h9,11,13,15,17H,3-8,10,12H2,1-2H3. The van der Waals surface area contributed by atoms with Gasteiger partial charge in [-0.25, -0.2) is 8.42 Å². The van der Waals surface area contributed by atoms with Crippen molar-refractivity contribution >= 4 is 21.2 Å². The Morgan fingerprint density at radius 1 is 1.48 bits per heavy atom. The molecule has 1 aromatic rings. The minimum Gasteiger partial charge on any atom is -0.313 e. The number of nitrogens with one attached hydrogen (secondary N) is 1. The van der Waals surface area contributed by atoms with Gasteiger partial charge in [-0.3, -0.25) is 0 Å². The van der Waals surface area contributed by atoms with Gasteiger partial charge in [0.1, 0.15) is 9.84 Å². The molecule has 3 nitrogen and oxygen atoms in total. The van der Waals surface area contributed by atoms with Gasteiger partial charge < -0.3 is 5.32 Å². The summed E-state index contributed by atoms with van der Waals surface area (Å²) in [5.41, 5.74) is 1.51. The summed E-state index contributed by atoms with van der Waals surface area (Å²) in [5.74, 6) is 0.867. The fraction of sp³-hybridized carbons (Fsp3) is 0.750. The molecule has 0 fully saturated rings. The summed E-state index contributed by atoms with van der Waals surface area (Å²) in [4.78, 5) is 1.54. The van der Waals surface area contributed by atoms with Crippen LogP contribution in [0.2, 0.25) is 0 Å². The third-order valence-corrected chi connectivity index (χ3v) is 6.30. The second-order valence-electron chi connectivity index (χ2n) is 6.13. The van der Waals surface area contributed by atoms with Gasteiger partial charge in [-0.05, 0) is 62.1 Å². The maximum atomic E-state index is 11.3. The predicted octanol–water partition coefficient (Wildman–Crippen LogP) is 3.36. The van der Waals surface area contributed by atoms with E-state index in [1.54, 1.807) is 0 Å². The Morgan fingerprint density at radius 2 is 2.29 bits per heavy atom. The topological polar surface area (TPSA) is 46.2 Å². The molecule has 1 aliphatic rings. The molecule has 21 heavy (non-hydrogen) atoms. The summed E-state index contributed by atoms with van der Waals surface area (Å²) in [6.45, 7) is 3.19. The molecular weight excluding hydrogens is 302 g/mol. The normalized spacial score (nSPS) is 20.2. The van der Waals surface area contributed by atoms with Crippen LogP contribution in [0.5, 0.6) is 0 Å². The van der Waals surface area contributed by atoms with E-state index in [4.69, 9.17) is 0 Å². The van der Waals surface area contributed by atoms with Crippen molar-refractivity contribution in [3.63, 3.8) is 0 Å². The Labute approximate surface area is 133 Å². The van der Waals surface area contributed by atoms with Gasteiger partial charge in [0, 0.05) is 28.8 Å². The average Bonchev–Trinajstić information content (AvgIpc) is 2.89. The Kier molecular flexibility index (Phi) is 6.26. The Balaban J connectivity index is 2.02. The SMILES string of the molecule is CCCNC(CCCS(C)(=O)=O)C1CCCc2sccc21. The Hall–Kier alpha value is -0.390. The van der Waals surface area contributed by atoms with Gasteiger partial charge in [0.25, 0.3) is 0 Å². The number of aryl methyl sites for hydroxylation is 1. The monoisotopic (exact) mass is 329 g/mol. The van der Waals surface area contributed by atoms with E-state index in [1.165, 1.54) is 36.0 Å². The van der Waals surface area contributed by atoms with Crippen molar-refractivity contribution in [3.8, 4) is 0 Å². The number of hydrogen-bond acceptors (Lipinski definition) is 4. The molecule has 0 saturated carbocycles. The second kappa shape index (κ2) is 7.75. The molecule has 1 heterocycles. The highest BCUT2D eigenvalue weighted by atomic mass is 32.2. The smallest absolute Gasteiger partial charge is 0.147 e. The van der Waals surface area contributed by atoms with Crippen LogP contribution in [0.25, 0.3) is 0 Å². The zero-order chi connectivity index (χ0) is 15.3. The quantitative estimate of drug-likeness (QED) is 0.795. The molecule has 0 saturated heterocycles. The summed E-state index contributed by atoms with van der Waals surface area (Å²) < 4.78 is 22.7. The number of hydrogen-bond donors (Lipinski definition) is 1. The molecule has 0 bridgehead atoms. The van der Waals surface area contributed by atoms with Crippen LogP contribution >= 0.6 is 11.3 Å². The first-order valence-electron chi connectivity index (χ1n) is 7.98. The van der Waals surface area contributed by atoms with E-state index >= 15 is 0 Å². The molecule has 1 aromatic heterocycles. The highest BCUT2D eigenvalue weighted by molar-refractivity contribution is 7.90. The minimum absolute atomic E-state index is 0.306. The van der Waals surface area contributed by atoms with E-state index in [1.807, 2.05) is 11.3 Å². The Bertz CT molecular complexity index is 536. The first kappa shape index (κ1) is 17.0. The van der Waals surface area contributed by atoms with Crippen LogP contribution in [0.15, 0.2) is 11.4 Å². The van der Waals surface area contributed by atoms with Crippen LogP contribution in [0, 0.1) is 0 Å². The van der Waals surface area contributed by atoms with Gasteiger partial charge >= 0.3 is 0 Å². The van der Waals surface area contributed by atoms with Crippen molar-refractivity contribution in [2.24, 2.45) is 0 Å². The molecule has 120 valence electrons. The van der Waals surface area contributed by atoms with Crippen LogP contribution in [0.1, 0.15) is 55.4 Å². The van der Waals surface area contributed by atoms with Gasteiger partial charge in [0.15, 0.2) is 0 Å². The zero-order valence-electron chi connectivity index (χ0n) is 13.1. The predicted molar refractivity (Wildman–Crippen MR) is 91.0 cm³/mol. The van der Waals surface area contributed by atoms with Crippen molar-refractivity contribution in [1.29, 1.82) is 0 Å². The lowest BCUT2D eigenvalue weighted by Crippen LogP contribution is -2.37. The molecule has 0 spiro atoms. The van der Waals surface area contributed by atoms with Gasteiger partial charge in [-0.15, -0.1) is 11.3 Å². The second-order valence-corrected chi connectivity index (χ2v) is 9.39. The lowest BCUT2D eigenvalue weighted by atomic mass is 9.81. The molecule has 2 rings (SSSR count). The first-order valence-corrected chi connectivity index (χ1v) is 10.9. The summed E-state index contributed by atoms with van der Waals surface area (Å²) in [6.07, 6.45) is 7.86. The largest absolute Gasteiger partial charge is 0.313 e. The highest BCUT2D eigenvalue weighted by Crippen LogP contribution is 2.38. The molecule has 2 unspecified atom stereocenters. The molecule has 1 aliphatic carbocycles. The first-order chi connectivity index (χ1) is 10.0. The minimum atomic E-state index is -2.85. The summed E-state index contributed by atoms with van der Waals surface area (Å²) in [7, 11) is -2.85. The lowest BCUT2D eigenvalue weighted by molar-refractivity contribution is 0.372. The molecule has 0 aliphatic heterocycles. The summed E-state index contributed by atoms with van der Waals surface area (Å²) >= 11 is 1.87. The zero-order valence-corrected chi connectivity index (χ0v) is 14.7. The van der Waals surface area contributed by atoms with Crippen LogP contribution in [-0.2, 0) is 16.3 Å². The van der Waals surface area contributed by atoms with E-state index in [-0.39, 0.29) is 0 Å². The lowest BCUT2D eigenvalue weighted by Gasteiger charge is -2.31. The van der Waals surface area contributed by atoms with Crippen molar-refractivity contribution in [2.45, 2.75) is 57.4 Å². The van der Waals surface area contributed by atoms with Crippen molar-refractivity contribution < 1.29 is 8.42 Å². The summed E-state index contributed by atoms with van der Waals surface area (Å²) in [5, 5.41) is 5.87. The molecule has 0 amide bonds. The van der Waals surface area contributed by atoms with Gasteiger partial charge in [0.2, 0.25) is 0 Å². The molecule has 0 radical (unpaired) electrons. The average molecular weight is 330 g/mol. The van der Waals surface area contributed by atoms with E-state index in [9.17, 15) is 8.42 Å². The van der Waals surface area contributed by atoms with Crippen molar-refractivity contribution in [2.75, 3.05) is 18.6 Å². The third kappa shape index (κ3) is 5.08. The Morgan fingerprint density at radius 3 is 3.00 bits per heavy atom. The van der Waals surface area contributed by atoms with Crippen LogP contribution in [0.3, 0.4) is 0 Å². The maximum absolute atomic E-state index is 11.3. The van der Waals surface area contributed by atoms with Gasteiger partial charge in [0.05, 0.1) is 0 Å². The molecular formula is C16H27NO2S2. The highest BCUT2D eigenvalue weighted by Gasteiger charge is 2.28. The van der Waals surface area contributed by atoms with Crippen LogP contribution in [0.4, 0.5) is 0 Å². The van der Waals surface area contributed by atoms with E-state index in [0.29, 0.717) is 17.7 Å². The van der Waals surface area contributed by atoms with Crippen LogP contribution in [-0.4, -0.2) is 33.0 Å². The number of sulfone groups is 1. The van der Waals surface area contributed by atoms with Crippen molar-refractivity contribution in [3.05, 3.63) is 21.9 Å². The number of rotatable bonds is 8. The van der Waals surface area contributed by atoms with E-state index in [2.05, 4.69) is 23.7 Å². The molecule has 1 N–H and O–H groups in total. The fourth-order valence-electron chi connectivity index (χ4n) is 3.28. The fourth-order valence-corrected chi connectivity index (χ4v) is 4.97. The van der Waals surface area contributed by atoms with E-state index < -0.39 is 9.84 Å². The van der Waals surface area contributed by atoms with Crippen molar-refractivity contribution in [1.82, 2.24) is 5.32 Å².